The summed E-state index contributed by atoms with van der Waals surface area (Å²) in [5.74, 6) is 0. The van der Waals surface area contributed by atoms with Gasteiger partial charge in [-0.05, 0) is 67.1 Å². The first-order valence-electron chi connectivity index (χ1n) is 9.52. The summed E-state index contributed by atoms with van der Waals surface area (Å²) in [6.45, 7) is 3.47. The Morgan fingerprint density at radius 2 is 1.92 bits per heavy atom. The molecule has 0 atom stereocenters. The number of nitrogens with zero attached hydrogens (tertiary/aromatic N) is 1. The molecule has 134 valence electrons. The Balaban J connectivity index is 1.25. The second-order valence-electron chi connectivity index (χ2n) is 7.11. The molecule has 0 amide bonds. The Morgan fingerprint density at radius 1 is 1.04 bits per heavy atom. The van der Waals surface area contributed by atoms with Crippen molar-refractivity contribution in [2.24, 2.45) is 0 Å². The van der Waals surface area contributed by atoms with Gasteiger partial charge in [0.15, 0.2) is 0 Å². The first-order chi connectivity index (χ1) is 12.8. The van der Waals surface area contributed by atoms with Gasteiger partial charge in [-0.25, -0.2) is 0 Å². The van der Waals surface area contributed by atoms with Crippen LogP contribution in [0.25, 0.3) is 16.5 Å². The van der Waals surface area contributed by atoms with Crippen LogP contribution in [0.4, 0.5) is 0 Å². The van der Waals surface area contributed by atoms with Crippen molar-refractivity contribution in [3.05, 3.63) is 76.4 Å². The van der Waals surface area contributed by atoms with Crippen molar-refractivity contribution < 1.29 is 0 Å². The fourth-order valence-electron chi connectivity index (χ4n) is 3.84. The Labute approximate surface area is 164 Å². The quantitative estimate of drug-likeness (QED) is 0.492. The number of rotatable bonds is 6. The number of benzene rings is 2. The van der Waals surface area contributed by atoms with Gasteiger partial charge >= 0.3 is 0 Å². The van der Waals surface area contributed by atoms with Gasteiger partial charge in [-0.3, -0.25) is 4.90 Å². The third-order valence-electron chi connectivity index (χ3n) is 5.34. The van der Waals surface area contributed by atoms with Gasteiger partial charge in [0.2, 0.25) is 0 Å². The molecule has 1 aliphatic heterocycles. The average Bonchev–Trinajstić information content (AvgIpc) is 3.08. The maximum Gasteiger partial charge on any atom is 0.0457 e. The number of hydrogen-bond donors (Lipinski definition) is 1. The van der Waals surface area contributed by atoms with Crippen LogP contribution in [-0.4, -0.2) is 29.5 Å². The lowest BCUT2D eigenvalue weighted by Crippen LogP contribution is -2.29. The second-order valence-corrected chi connectivity index (χ2v) is 8.02. The number of H-pyrrole nitrogens is 1. The van der Waals surface area contributed by atoms with E-state index in [0.717, 1.165) is 17.4 Å². The number of unbranched alkanes of at least 4 members (excludes halogenated alkanes) is 1. The van der Waals surface area contributed by atoms with Crippen LogP contribution in [0.5, 0.6) is 0 Å². The maximum atomic E-state index is 3.58. The number of aromatic nitrogens is 1. The molecule has 0 aliphatic carbocycles. The molecular weight excluding hydrogens is 384 g/mol. The van der Waals surface area contributed by atoms with Crippen molar-refractivity contribution in [1.82, 2.24) is 9.88 Å². The van der Waals surface area contributed by atoms with Crippen LogP contribution in [0.1, 0.15) is 30.4 Å². The van der Waals surface area contributed by atoms with Gasteiger partial charge in [0.25, 0.3) is 0 Å². The van der Waals surface area contributed by atoms with Crippen LogP contribution in [0.3, 0.4) is 0 Å². The molecule has 0 radical (unpaired) electrons. The number of aryl methyl sites for hydroxylation is 1. The zero-order valence-electron chi connectivity index (χ0n) is 15.0. The van der Waals surface area contributed by atoms with Crippen molar-refractivity contribution in [2.75, 3.05) is 19.6 Å². The maximum absolute atomic E-state index is 3.58. The summed E-state index contributed by atoms with van der Waals surface area (Å²) in [6, 6.07) is 17.3. The molecule has 26 heavy (non-hydrogen) atoms. The van der Waals surface area contributed by atoms with Gasteiger partial charge in [-0.2, -0.15) is 0 Å². The van der Waals surface area contributed by atoms with Crippen LogP contribution in [0.15, 0.2) is 65.3 Å². The van der Waals surface area contributed by atoms with Crippen molar-refractivity contribution >= 4 is 32.4 Å². The summed E-state index contributed by atoms with van der Waals surface area (Å²) >= 11 is 3.58. The molecule has 0 saturated carbocycles. The number of fused-ring (bicyclic) bond motifs is 1. The summed E-state index contributed by atoms with van der Waals surface area (Å²) < 4.78 is 1.15. The molecule has 4 rings (SSSR count). The van der Waals surface area contributed by atoms with Gasteiger partial charge in [-0.1, -0.05) is 52.3 Å². The number of nitrogens with one attached hydrogen (secondary N) is 1. The van der Waals surface area contributed by atoms with Crippen molar-refractivity contribution in [3.8, 4) is 0 Å². The molecule has 1 aromatic heterocycles. The van der Waals surface area contributed by atoms with Crippen molar-refractivity contribution in [3.63, 3.8) is 0 Å². The third-order valence-corrected chi connectivity index (χ3v) is 5.83. The Kier molecular flexibility index (Phi) is 5.57. The predicted molar refractivity (Wildman–Crippen MR) is 114 cm³/mol. The third kappa shape index (κ3) is 4.11. The van der Waals surface area contributed by atoms with E-state index in [-0.39, 0.29) is 0 Å². The lowest BCUT2D eigenvalue weighted by molar-refractivity contribution is 0.295. The second kappa shape index (κ2) is 8.24. The molecule has 0 saturated heterocycles. The van der Waals surface area contributed by atoms with E-state index in [9.17, 15) is 0 Å². The minimum absolute atomic E-state index is 1.09. The SMILES string of the molecule is Brc1ccc2[nH]cc(CCCCN3CC=C(c4ccccc4)CC3)c2c1. The summed E-state index contributed by atoms with van der Waals surface area (Å²) in [5, 5.41) is 1.35. The van der Waals surface area contributed by atoms with Gasteiger partial charge in [0.05, 0.1) is 0 Å². The number of hydrogen-bond acceptors (Lipinski definition) is 1. The molecule has 0 spiro atoms. The largest absolute Gasteiger partial charge is 0.361 e. The fraction of sp³-hybridized carbons (Fsp3) is 0.304. The van der Waals surface area contributed by atoms with Crippen molar-refractivity contribution in [1.29, 1.82) is 0 Å². The minimum Gasteiger partial charge on any atom is -0.361 e. The number of halogens is 1. The van der Waals surface area contributed by atoms with Crippen LogP contribution >= 0.6 is 15.9 Å². The van der Waals surface area contributed by atoms with Gasteiger partial charge in [0, 0.05) is 34.7 Å². The van der Waals surface area contributed by atoms with Crippen molar-refractivity contribution in [2.45, 2.75) is 25.7 Å². The Morgan fingerprint density at radius 3 is 2.73 bits per heavy atom. The van der Waals surface area contributed by atoms with Gasteiger partial charge in [0.1, 0.15) is 0 Å². The lowest BCUT2D eigenvalue weighted by Gasteiger charge is -2.26. The molecule has 0 bridgehead atoms. The van der Waals surface area contributed by atoms with E-state index >= 15 is 0 Å². The normalized spacial score (nSPS) is 15.3. The van der Waals surface area contributed by atoms with E-state index in [4.69, 9.17) is 0 Å². The minimum atomic E-state index is 1.09. The first-order valence-corrected chi connectivity index (χ1v) is 10.3. The molecule has 0 unspecified atom stereocenters. The summed E-state index contributed by atoms with van der Waals surface area (Å²) in [6.07, 6.45) is 9.40. The first kappa shape index (κ1) is 17.6. The topological polar surface area (TPSA) is 19.0 Å². The monoisotopic (exact) mass is 408 g/mol. The summed E-state index contributed by atoms with van der Waals surface area (Å²) in [7, 11) is 0. The zero-order chi connectivity index (χ0) is 17.8. The van der Waals surface area contributed by atoms with E-state index in [1.54, 1.807) is 0 Å². The lowest BCUT2D eigenvalue weighted by atomic mass is 9.99. The highest BCUT2D eigenvalue weighted by Gasteiger charge is 2.12. The average molecular weight is 409 g/mol. The highest BCUT2D eigenvalue weighted by atomic mass is 79.9. The summed E-state index contributed by atoms with van der Waals surface area (Å²) in [5.41, 5.74) is 5.56. The fourth-order valence-corrected chi connectivity index (χ4v) is 4.20. The van der Waals surface area contributed by atoms with Gasteiger partial charge < -0.3 is 4.98 Å². The smallest absolute Gasteiger partial charge is 0.0457 e. The van der Waals surface area contributed by atoms with E-state index in [0.29, 0.717) is 0 Å². The molecule has 2 nitrogen and oxygen atoms in total. The van der Waals surface area contributed by atoms with Crippen LogP contribution < -0.4 is 0 Å². The molecule has 0 fully saturated rings. The molecule has 3 aromatic rings. The van der Waals surface area contributed by atoms with Crippen LogP contribution in [-0.2, 0) is 6.42 Å². The van der Waals surface area contributed by atoms with Crippen LogP contribution in [0, 0.1) is 0 Å². The molecular formula is C23H25BrN2. The van der Waals surface area contributed by atoms with E-state index in [1.807, 2.05) is 0 Å². The Hall–Kier alpha value is -1.84. The summed E-state index contributed by atoms with van der Waals surface area (Å²) in [4.78, 5) is 5.97. The van der Waals surface area contributed by atoms with Gasteiger partial charge in [-0.15, -0.1) is 0 Å². The van der Waals surface area contributed by atoms with E-state index < -0.39 is 0 Å². The standard InChI is InChI=1S/C23H25BrN2/c24-21-9-10-23-22(16-21)20(17-25-23)8-4-5-13-26-14-11-19(12-15-26)18-6-2-1-3-7-18/h1-3,6-7,9-11,16-17,25H,4-5,8,12-15H2. The zero-order valence-corrected chi connectivity index (χ0v) is 16.6. The Bertz CT molecular complexity index is 895. The van der Waals surface area contributed by atoms with E-state index in [2.05, 4.69) is 86.6 Å². The number of aromatic amines is 1. The molecule has 2 aromatic carbocycles. The molecule has 1 aliphatic rings. The highest BCUT2D eigenvalue weighted by molar-refractivity contribution is 9.10. The molecule has 3 heteroatoms. The highest BCUT2D eigenvalue weighted by Crippen LogP contribution is 2.25. The predicted octanol–water partition coefficient (Wildman–Crippen LogP) is 6.04. The van der Waals surface area contributed by atoms with E-state index in [1.165, 1.54) is 60.0 Å². The van der Waals surface area contributed by atoms with Crippen LogP contribution in [0.2, 0.25) is 0 Å². The molecule has 2 heterocycles. The molecule has 1 N–H and O–H groups in total.